The van der Waals surface area contributed by atoms with Gasteiger partial charge in [0.2, 0.25) is 5.88 Å². The molecule has 0 aliphatic carbocycles. The lowest BCUT2D eigenvalue weighted by Crippen LogP contribution is -2.48. The van der Waals surface area contributed by atoms with Gasteiger partial charge >= 0.3 is 6.61 Å². The summed E-state index contributed by atoms with van der Waals surface area (Å²) in [6, 6.07) is 23.2. The maximum Gasteiger partial charge on any atom is 0.387 e. The van der Waals surface area contributed by atoms with Crippen LogP contribution in [0.5, 0.6) is 23.1 Å². The van der Waals surface area contributed by atoms with Crippen LogP contribution in [-0.2, 0) is 13.6 Å². The Balaban J connectivity index is 0.00000523. The number of alkyl halides is 4. The zero-order valence-electron chi connectivity index (χ0n) is 28.3. The Kier molecular flexibility index (Phi) is 12.4. The SMILES string of the molecule is Br.CN(C(=O)c1ccc(OC(F)F)cc1)c1ccc(Oc2ccc3cc(C(=O)N4CCN(Cc5ccc(OCC(F)F)cc5)CC4)n(C)c3c2)nc1. The summed E-state index contributed by atoms with van der Waals surface area (Å²) in [7, 11) is 3.41. The van der Waals surface area contributed by atoms with Crippen molar-refractivity contribution in [2.45, 2.75) is 19.6 Å². The van der Waals surface area contributed by atoms with Gasteiger partial charge in [0.25, 0.3) is 18.2 Å². The number of pyridine rings is 1. The highest BCUT2D eigenvalue weighted by atomic mass is 79.9. The van der Waals surface area contributed by atoms with Gasteiger partial charge in [0.05, 0.1) is 17.4 Å². The first-order chi connectivity index (χ1) is 24.5. The number of carbonyl (C=O) groups is 2. The quantitative estimate of drug-likeness (QED) is 0.122. The Hall–Kier alpha value is -5.15. The molecule has 2 amide bonds. The standard InChI is InChI=1S/C37H35F4N5O5.BrH/c1-43(35(47)25-5-11-29(12-6-25)51-37(40)41)27-8-14-34(42-21-27)50-30-13-7-26-19-32(44(2)31(26)20-30)36(48)46-17-15-45(16-18-46)22-24-3-9-28(10-4-24)49-23-33(38)39;/h3-14,19-21,33,37H,15-18,22-23H2,1-2H3;1H. The minimum atomic E-state index is -2.95. The molecular formula is C37H36BrF4N5O5. The number of ether oxygens (including phenoxy) is 3. The molecule has 0 atom stereocenters. The Bertz CT molecular complexity index is 1970. The van der Waals surface area contributed by atoms with E-state index in [1.807, 2.05) is 46.8 Å². The highest BCUT2D eigenvalue weighted by Gasteiger charge is 2.25. The van der Waals surface area contributed by atoms with Gasteiger partial charge in [0.15, 0.2) is 0 Å². The van der Waals surface area contributed by atoms with Crippen molar-refractivity contribution >= 4 is 45.4 Å². The molecule has 0 unspecified atom stereocenters. The Morgan fingerprint density at radius 3 is 2.15 bits per heavy atom. The molecular weight excluding hydrogens is 750 g/mol. The van der Waals surface area contributed by atoms with E-state index in [1.165, 1.54) is 35.4 Å². The van der Waals surface area contributed by atoms with Gasteiger partial charge < -0.3 is 28.6 Å². The molecule has 274 valence electrons. The lowest BCUT2D eigenvalue weighted by atomic mass is 10.2. The smallest absolute Gasteiger partial charge is 0.387 e. The fraction of sp³-hybridized carbons (Fsp3) is 0.270. The second-order valence-corrected chi connectivity index (χ2v) is 11.9. The first-order valence-electron chi connectivity index (χ1n) is 16.1. The summed E-state index contributed by atoms with van der Waals surface area (Å²) >= 11 is 0. The second kappa shape index (κ2) is 16.9. The highest BCUT2D eigenvalue weighted by molar-refractivity contribution is 8.93. The van der Waals surface area contributed by atoms with Gasteiger partial charge in [0.1, 0.15) is 29.5 Å². The Morgan fingerprint density at radius 2 is 1.52 bits per heavy atom. The molecule has 52 heavy (non-hydrogen) atoms. The largest absolute Gasteiger partial charge is 0.488 e. The van der Waals surface area contributed by atoms with Gasteiger partial charge in [-0.15, -0.1) is 17.0 Å². The molecule has 5 aromatic rings. The van der Waals surface area contributed by atoms with Crippen molar-refractivity contribution in [3.8, 4) is 23.1 Å². The third-order valence-electron chi connectivity index (χ3n) is 8.56. The predicted octanol–water partition coefficient (Wildman–Crippen LogP) is 7.42. The average Bonchev–Trinajstić information content (AvgIpc) is 3.46. The number of fused-ring (bicyclic) bond motifs is 1. The van der Waals surface area contributed by atoms with Gasteiger partial charge in [-0.05, 0) is 66.2 Å². The molecule has 1 aliphatic rings. The van der Waals surface area contributed by atoms with Crippen molar-refractivity contribution < 1.29 is 41.4 Å². The minimum Gasteiger partial charge on any atom is -0.488 e. The molecule has 1 fully saturated rings. The molecule has 0 N–H and O–H groups in total. The van der Waals surface area contributed by atoms with E-state index in [1.54, 1.807) is 37.4 Å². The van der Waals surface area contributed by atoms with Crippen LogP contribution in [0.4, 0.5) is 23.2 Å². The molecule has 15 heteroatoms. The molecule has 1 saturated heterocycles. The number of rotatable bonds is 12. The average molecular weight is 787 g/mol. The topological polar surface area (TPSA) is 89.4 Å². The first-order valence-corrected chi connectivity index (χ1v) is 16.1. The van der Waals surface area contributed by atoms with Crippen LogP contribution in [-0.4, -0.2) is 84.0 Å². The molecule has 10 nitrogen and oxygen atoms in total. The fourth-order valence-corrected chi connectivity index (χ4v) is 5.80. The van der Waals surface area contributed by atoms with E-state index in [0.717, 1.165) is 16.5 Å². The van der Waals surface area contributed by atoms with Crippen LogP contribution in [0, 0.1) is 0 Å². The summed E-state index contributed by atoms with van der Waals surface area (Å²) < 4.78 is 66.9. The van der Waals surface area contributed by atoms with E-state index in [4.69, 9.17) is 9.47 Å². The number of halogens is 5. The summed E-state index contributed by atoms with van der Waals surface area (Å²) in [5, 5.41) is 0.880. The maximum absolute atomic E-state index is 13.6. The van der Waals surface area contributed by atoms with E-state index in [9.17, 15) is 27.2 Å². The third kappa shape index (κ3) is 9.19. The van der Waals surface area contributed by atoms with Crippen LogP contribution >= 0.6 is 17.0 Å². The molecule has 0 saturated carbocycles. The number of hydrogen-bond donors (Lipinski definition) is 0. The van der Waals surface area contributed by atoms with Crippen molar-refractivity contribution in [1.82, 2.24) is 19.4 Å². The van der Waals surface area contributed by atoms with Crippen molar-refractivity contribution in [1.29, 1.82) is 0 Å². The number of aryl methyl sites for hydroxylation is 1. The summed E-state index contributed by atoms with van der Waals surface area (Å²) in [5.74, 6) is 0.750. The lowest BCUT2D eigenvalue weighted by molar-refractivity contribution is -0.0498. The van der Waals surface area contributed by atoms with Crippen molar-refractivity contribution in [2.24, 2.45) is 7.05 Å². The van der Waals surface area contributed by atoms with E-state index >= 15 is 0 Å². The molecule has 0 bridgehead atoms. The highest BCUT2D eigenvalue weighted by Crippen LogP contribution is 2.29. The van der Waals surface area contributed by atoms with Crippen molar-refractivity contribution in [3.05, 3.63) is 108 Å². The summed E-state index contributed by atoms with van der Waals surface area (Å²) in [4.78, 5) is 36.3. The van der Waals surface area contributed by atoms with Gasteiger partial charge in [-0.3, -0.25) is 14.5 Å². The number of hydrogen-bond acceptors (Lipinski definition) is 7. The van der Waals surface area contributed by atoms with Gasteiger partial charge in [-0.1, -0.05) is 12.1 Å². The Labute approximate surface area is 307 Å². The van der Waals surface area contributed by atoms with Gasteiger partial charge in [-0.2, -0.15) is 8.78 Å². The number of benzene rings is 3. The number of amides is 2. The van der Waals surface area contributed by atoms with Gasteiger partial charge in [0, 0.05) is 69.9 Å². The maximum atomic E-state index is 13.6. The summed E-state index contributed by atoms with van der Waals surface area (Å²) in [6.45, 7) is -0.390. The van der Waals surface area contributed by atoms with Crippen molar-refractivity contribution in [2.75, 3.05) is 44.7 Å². The van der Waals surface area contributed by atoms with Gasteiger partial charge in [-0.25, -0.2) is 13.8 Å². The molecule has 3 aromatic carbocycles. The van der Waals surface area contributed by atoms with Crippen LogP contribution in [0.2, 0.25) is 0 Å². The first kappa shape index (κ1) is 38.1. The minimum absolute atomic E-state index is 0. The van der Waals surface area contributed by atoms with E-state index in [-0.39, 0.29) is 40.1 Å². The number of nitrogens with zero attached hydrogens (tertiary/aromatic N) is 5. The number of aromatic nitrogens is 2. The lowest BCUT2D eigenvalue weighted by Gasteiger charge is -2.34. The number of piperazine rings is 1. The van der Waals surface area contributed by atoms with E-state index in [0.29, 0.717) is 61.5 Å². The zero-order valence-corrected chi connectivity index (χ0v) is 30.0. The van der Waals surface area contributed by atoms with Crippen LogP contribution < -0.4 is 19.1 Å². The van der Waals surface area contributed by atoms with Crippen LogP contribution in [0.25, 0.3) is 10.9 Å². The van der Waals surface area contributed by atoms with Crippen molar-refractivity contribution in [3.63, 3.8) is 0 Å². The molecule has 1 aliphatic heterocycles. The van der Waals surface area contributed by atoms with E-state index < -0.39 is 19.6 Å². The predicted molar refractivity (Wildman–Crippen MR) is 192 cm³/mol. The molecule has 0 radical (unpaired) electrons. The van der Waals surface area contributed by atoms with Crippen LogP contribution in [0.3, 0.4) is 0 Å². The molecule has 2 aromatic heterocycles. The third-order valence-corrected chi connectivity index (χ3v) is 8.56. The molecule has 6 rings (SSSR count). The number of carbonyl (C=O) groups excluding carboxylic acids is 2. The van der Waals surface area contributed by atoms with Crippen LogP contribution in [0.15, 0.2) is 91.1 Å². The zero-order chi connectivity index (χ0) is 36.1. The normalized spacial score (nSPS) is 13.3. The molecule has 0 spiro atoms. The van der Waals surface area contributed by atoms with Crippen LogP contribution in [0.1, 0.15) is 26.4 Å². The Morgan fingerprint density at radius 1 is 0.846 bits per heavy atom. The monoisotopic (exact) mass is 785 g/mol. The summed E-state index contributed by atoms with van der Waals surface area (Å²) in [6.07, 6.45) is -1.03. The van der Waals surface area contributed by atoms with E-state index in [2.05, 4.69) is 14.6 Å². The number of anilines is 1. The second-order valence-electron chi connectivity index (χ2n) is 11.9. The fourth-order valence-electron chi connectivity index (χ4n) is 5.80. The molecule has 3 heterocycles. The summed E-state index contributed by atoms with van der Waals surface area (Å²) in [5.41, 5.74) is 3.18.